The molecule has 0 bridgehead atoms. The van der Waals surface area contributed by atoms with E-state index in [1.54, 1.807) is 25.4 Å². The standard InChI is InChI=1S/C14H23N3O2/c1-11(2)10-19-8-4-7-16-14(18)12-5-6-13(15-3)17-9-12/h5-6,9,11H,4,7-8,10H2,1-3H3,(H,15,17)(H,16,18). The number of amides is 1. The van der Waals surface area contributed by atoms with Gasteiger partial charge in [-0.1, -0.05) is 13.8 Å². The highest BCUT2D eigenvalue weighted by Gasteiger charge is 2.04. The van der Waals surface area contributed by atoms with Gasteiger partial charge in [-0.25, -0.2) is 4.98 Å². The lowest BCUT2D eigenvalue weighted by Crippen LogP contribution is -2.25. The van der Waals surface area contributed by atoms with Gasteiger partial charge < -0.3 is 15.4 Å². The second-order valence-corrected chi connectivity index (χ2v) is 4.76. The minimum absolute atomic E-state index is 0.0981. The fraction of sp³-hybridized carbons (Fsp3) is 0.571. The van der Waals surface area contributed by atoms with E-state index in [4.69, 9.17) is 4.74 Å². The van der Waals surface area contributed by atoms with Gasteiger partial charge >= 0.3 is 0 Å². The first kappa shape index (κ1) is 15.4. The van der Waals surface area contributed by atoms with E-state index in [1.165, 1.54) is 0 Å². The average molecular weight is 265 g/mol. The first-order valence-corrected chi connectivity index (χ1v) is 6.63. The number of pyridine rings is 1. The molecule has 1 aromatic heterocycles. The minimum atomic E-state index is -0.0981. The molecule has 0 aromatic carbocycles. The Hall–Kier alpha value is -1.62. The van der Waals surface area contributed by atoms with Crippen LogP contribution in [0, 0.1) is 5.92 Å². The first-order chi connectivity index (χ1) is 9.13. The minimum Gasteiger partial charge on any atom is -0.381 e. The zero-order valence-corrected chi connectivity index (χ0v) is 11.9. The number of hydrogen-bond donors (Lipinski definition) is 2. The maximum Gasteiger partial charge on any atom is 0.252 e. The summed E-state index contributed by atoms with van der Waals surface area (Å²) in [6.45, 7) is 6.29. The van der Waals surface area contributed by atoms with Crippen LogP contribution >= 0.6 is 0 Å². The van der Waals surface area contributed by atoms with Crippen molar-refractivity contribution in [2.24, 2.45) is 5.92 Å². The number of anilines is 1. The summed E-state index contributed by atoms with van der Waals surface area (Å²) in [6, 6.07) is 3.53. The molecule has 106 valence electrons. The van der Waals surface area contributed by atoms with Crippen LogP contribution in [0.3, 0.4) is 0 Å². The topological polar surface area (TPSA) is 63.2 Å². The van der Waals surface area contributed by atoms with Crippen molar-refractivity contribution in [3.8, 4) is 0 Å². The number of ether oxygens (including phenoxy) is 1. The summed E-state index contributed by atoms with van der Waals surface area (Å²) < 4.78 is 5.44. The van der Waals surface area contributed by atoms with Crippen LogP contribution in [-0.4, -0.2) is 37.7 Å². The van der Waals surface area contributed by atoms with Crippen LogP contribution in [0.1, 0.15) is 30.6 Å². The predicted molar refractivity (Wildman–Crippen MR) is 76.4 cm³/mol. The SMILES string of the molecule is CNc1ccc(C(=O)NCCCOCC(C)C)cn1. The van der Waals surface area contributed by atoms with E-state index in [2.05, 4.69) is 29.5 Å². The van der Waals surface area contributed by atoms with Crippen LogP contribution in [0.2, 0.25) is 0 Å². The van der Waals surface area contributed by atoms with Crippen molar-refractivity contribution in [1.82, 2.24) is 10.3 Å². The molecule has 0 saturated heterocycles. The molecule has 0 fully saturated rings. The van der Waals surface area contributed by atoms with Crippen molar-refractivity contribution in [2.45, 2.75) is 20.3 Å². The van der Waals surface area contributed by atoms with Crippen LogP contribution in [0.4, 0.5) is 5.82 Å². The monoisotopic (exact) mass is 265 g/mol. The summed E-state index contributed by atoms with van der Waals surface area (Å²) >= 11 is 0. The number of aromatic nitrogens is 1. The van der Waals surface area contributed by atoms with E-state index < -0.39 is 0 Å². The molecule has 0 saturated carbocycles. The average Bonchev–Trinajstić information content (AvgIpc) is 2.42. The van der Waals surface area contributed by atoms with Gasteiger partial charge in [-0.2, -0.15) is 0 Å². The van der Waals surface area contributed by atoms with E-state index in [1.807, 2.05) is 0 Å². The molecule has 0 radical (unpaired) electrons. The van der Waals surface area contributed by atoms with Crippen LogP contribution in [0.15, 0.2) is 18.3 Å². The molecule has 2 N–H and O–H groups in total. The molecule has 5 nitrogen and oxygen atoms in total. The second kappa shape index (κ2) is 8.48. The Bertz CT molecular complexity index is 377. The number of carbonyl (C=O) groups excluding carboxylic acids is 1. The van der Waals surface area contributed by atoms with Gasteiger partial charge in [0, 0.05) is 33.0 Å². The molecule has 0 aliphatic carbocycles. The zero-order valence-electron chi connectivity index (χ0n) is 11.9. The van der Waals surface area contributed by atoms with Gasteiger partial charge in [-0.05, 0) is 24.5 Å². The van der Waals surface area contributed by atoms with Gasteiger partial charge in [-0.15, -0.1) is 0 Å². The van der Waals surface area contributed by atoms with Crippen molar-refractivity contribution >= 4 is 11.7 Å². The Labute approximate surface area is 114 Å². The molecule has 0 spiro atoms. The molecule has 19 heavy (non-hydrogen) atoms. The van der Waals surface area contributed by atoms with Gasteiger partial charge in [0.1, 0.15) is 5.82 Å². The molecular formula is C14H23N3O2. The molecule has 1 amide bonds. The molecular weight excluding hydrogens is 242 g/mol. The van der Waals surface area contributed by atoms with Crippen LogP contribution in [0.25, 0.3) is 0 Å². The predicted octanol–water partition coefficient (Wildman–Crippen LogP) is 1.92. The summed E-state index contributed by atoms with van der Waals surface area (Å²) in [4.78, 5) is 15.9. The highest BCUT2D eigenvalue weighted by molar-refractivity contribution is 5.93. The smallest absolute Gasteiger partial charge is 0.252 e. The molecule has 5 heteroatoms. The van der Waals surface area contributed by atoms with Gasteiger partial charge in [0.25, 0.3) is 5.91 Å². The number of hydrogen-bond acceptors (Lipinski definition) is 4. The molecule has 1 rings (SSSR count). The van der Waals surface area contributed by atoms with E-state index in [-0.39, 0.29) is 5.91 Å². The number of rotatable bonds is 8. The summed E-state index contributed by atoms with van der Waals surface area (Å²) in [5, 5.41) is 5.75. The van der Waals surface area contributed by atoms with Gasteiger partial charge in [-0.3, -0.25) is 4.79 Å². The maximum absolute atomic E-state index is 11.8. The molecule has 0 atom stereocenters. The maximum atomic E-state index is 11.8. The lowest BCUT2D eigenvalue weighted by Gasteiger charge is -2.08. The Balaban J connectivity index is 2.20. The van der Waals surface area contributed by atoms with Crippen molar-refractivity contribution < 1.29 is 9.53 Å². The van der Waals surface area contributed by atoms with Gasteiger partial charge in [0.15, 0.2) is 0 Å². The van der Waals surface area contributed by atoms with Crippen LogP contribution < -0.4 is 10.6 Å². The fourth-order valence-electron chi connectivity index (χ4n) is 1.47. The Kier molecular flexibility index (Phi) is 6.89. The Morgan fingerprint density at radius 2 is 2.21 bits per heavy atom. The third kappa shape index (κ3) is 6.20. The lowest BCUT2D eigenvalue weighted by molar-refractivity contribution is 0.0924. The quantitative estimate of drug-likeness (QED) is 0.705. The summed E-state index contributed by atoms with van der Waals surface area (Å²) in [6.07, 6.45) is 2.39. The first-order valence-electron chi connectivity index (χ1n) is 6.63. The van der Waals surface area contributed by atoms with Gasteiger partial charge in [0.05, 0.1) is 5.56 Å². The summed E-state index contributed by atoms with van der Waals surface area (Å²) in [5.74, 6) is 1.20. The van der Waals surface area contributed by atoms with Crippen molar-refractivity contribution in [2.75, 3.05) is 32.1 Å². The Morgan fingerprint density at radius 3 is 2.79 bits per heavy atom. The third-order valence-corrected chi connectivity index (χ3v) is 2.48. The molecule has 0 aliphatic heterocycles. The van der Waals surface area contributed by atoms with Crippen LogP contribution in [-0.2, 0) is 4.74 Å². The normalized spacial score (nSPS) is 10.5. The molecule has 0 unspecified atom stereocenters. The lowest BCUT2D eigenvalue weighted by atomic mass is 10.2. The molecule has 1 aromatic rings. The third-order valence-electron chi connectivity index (χ3n) is 2.48. The van der Waals surface area contributed by atoms with E-state index in [0.29, 0.717) is 24.6 Å². The van der Waals surface area contributed by atoms with E-state index >= 15 is 0 Å². The van der Waals surface area contributed by atoms with Crippen molar-refractivity contribution in [1.29, 1.82) is 0 Å². The summed E-state index contributed by atoms with van der Waals surface area (Å²) in [7, 11) is 1.79. The number of nitrogens with one attached hydrogen (secondary N) is 2. The fourth-order valence-corrected chi connectivity index (χ4v) is 1.47. The van der Waals surface area contributed by atoms with E-state index in [0.717, 1.165) is 18.8 Å². The summed E-state index contributed by atoms with van der Waals surface area (Å²) in [5.41, 5.74) is 0.571. The molecule has 0 aliphatic rings. The molecule has 1 heterocycles. The van der Waals surface area contributed by atoms with E-state index in [9.17, 15) is 4.79 Å². The van der Waals surface area contributed by atoms with Gasteiger partial charge in [0.2, 0.25) is 0 Å². The van der Waals surface area contributed by atoms with Crippen LogP contribution in [0.5, 0.6) is 0 Å². The Morgan fingerprint density at radius 1 is 1.42 bits per heavy atom. The highest BCUT2D eigenvalue weighted by atomic mass is 16.5. The van der Waals surface area contributed by atoms with Crippen molar-refractivity contribution in [3.05, 3.63) is 23.9 Å². The van der Waals surface area contributed by atoms with Crippen molar-refractivity contribution in [3.63, 3.8) is 0 Å². The number of nitrogens with zero attached hydrogens (tertiary/aromatic N) is 1. The highest BCUT2D eigenvalue weighted by Crippen LogP contribution is 2.03. The second-order valence-electron chi connectivity index (χ2n) is 4.76. The largest absolute Gasteiger partial charge is 0.381 e. The zero-order chi connectivity index (χ0) is 14.1. The number of carbonyl (C=O) groups is 1.